The first-order valence-corrected chi connectivity index (χ1v) is 6.99. The minimum atomic E-state index is -0.254. The molecule has 21 heavy (non-hydrogen) atoms. The number of hydrogen-bond acceptors (Lipinski definition) is 3. The Morgan fingerprint density at radius 2 is 1.81 bits per heavy atom. The van der Waals surface area contributed by atoms with Crippen molar-refractivity contribution in [3.63, 3.8) is 0 Å². The number of benzene rings is 1. The van der Waals surface area contributed by atoms with Crippen LogP contribution in [0.3, 0.4) is 0 Å². The Labute approximate surface area is 126 Å². The fourth-order valence-electron chi connectivity index (χ4n) is 1.75. The molecule has 116 valence electrons. The average molecular weight is 292 g/mol. The number of methoxy groups -OCH3 is 1. The summed E-state index contributed by atoms with van der Waals surface area (Å²) in [4.78, 5) is 23.0. The van der Waals surface area contributed by atoms with Crippen molar-refractivity contribution < 1.29 is 14.3 Å². The molecule has 1 aromatic rings. The van der Waals surface area contributed by atoms with Gasteiger partial charge in [-0.1, -0.05) is 13.8 Å². The summed E-state index contributed by atoms with van der Waals surface area (Å²) in [5.74, 6) is 0.00546. The molecule has 0 radical (unpaired) electrons. The molecule has 0 saturated heterocycles. The van der Waals surface area contributed by atoms with E-state index in [1.54, 1.807) is 31.4 Å². The molecule has 0 fully saturated rings. The van der Waals surface area contributed by atoms with Gasteiger partial charge in [0.25, 0.3) is 0 Å². The Bertz CT molecular complexity index is 481. The molecule has 1 aromatic carbocycles. The fraction of sp³-hybridized carbons (Fsp3) is 0.500. The van der Waals surface area contributed by atoms with Crippen molar-refractivity contribution >= 4 is 17.5 Å². The number of hydrogen-bond donors (Lipinski definition) is 2. The van der Waals surface area contributed by atoms with Gasteiger partial charge < -0.3 is 15.4 Å². The molecular formula is C16H24N2O3. The van der Waals surface area contributed by atoms with Crippen molar-refractivity contribution in [3.8, 4) is 0 Å². The summed E-state index contributed by atoms with van der Waals surface area (Å²) in [6.45, 7) is 6.90. The van der Waals surface area contributed by atoms with E-state index in [0.29, 0.717) is 24.4 Å². The van der Waals surface area contributed by atoms with Crippen molar-refractivity contribution in [2.24, 2.45) is 5.41 Å². The highest BCUT2D eigenvalue weighted by Gasteiger charge is 2.18. The Balaban J connectivity index is 2.45. The predicted molar refractivity (Wildman–Crippen MR) is 83.7 cm³/mol. The molecule has 0 aromatic heterocycles. The molecule has 0 aliphatic heterocycles. The molecule has 0 aliphatic carbocycles. The first kappa shape index (κ1) is 17.2. The summed E-state index contributed by atoms with van der Waals surface area (Å²) in [5, 5.41) is 5.59. The van der Waals surface area contributed by atoms with Gasteiger partial charge in [-0.05, 0) is 43.0 Å². The van der Waals surface area contributed by atoms with Crippen molar-refractivity contribution in [3.05, 3.63) is 29.8 Å². The van der Waals surface area contributed by atoms with E-state index in [2.05, 4.69) is 24.5 Å². The van der Waals surface area contributed by atoms with Crippen LogP contribution in [0.15, 0.2) is 24.3 Å². The van der Waals surface area contributed by atoms with Gasteiger partial charge in [-0.25, -0.2) is 4.79 Å². The van der Waals surface area contributed by atoms with Gasteiger partial charge in [0.05, 0.1) is 0 Å². The van der Waals surface area contributed by atoms with E-state index in [1.807, 2.05) is 0 Å². The highest BCUT2D eigenvalue weighted by molar-refractivity contribution is 5.95. The van der Waals surface area contributed by atoms with Crippen molar-refractivity contribution in [2.45, 2.75) is 27.2 Å². The molecule has 2 N–H and O–H groups in total. The molecule has 5 heteroatoms. The molecule has 0 spiro atoms. The molecular weight excluding hydrogens is 268 g/mol. The van der Waals surface area contributed by atoms with Crippen LogP contribution in [0, 0.1) is 5.41 Å². The van der Waals surface area contributed by atoms with Crippen LogP contribution in [0.2, 0.25) is 0 Å². The van der Waals surface area contributed by atoms with Crippen LogP contribution in [0.1, 0.15) is 37.6 Å². The molecule has 0 heterocycles. The lowest BCUT2D eigenvalue weighted by Crippen LogP contribution is -2.37. The first-order valence-electron chi connectivity index (χ1n) is 6.99. The number of amides is 2. The van der Waals surface area contributed by atoms with Gasteiger partial charge in [-0.2, -0.15) is 0 Å². The van der Waals surface area contributed by atoms with Gasteiger partial charge in [-0.15, -0.1) is 0 Å². The minimum absolute atomic E-state index is 0.00546. The number of rotatable bonds is 7. The fourth-order valence-corrected chi connectivity index (χ4v) is 1.75. The highest BCUT2D eigenvalue weighted by atomic mass is 16.5. The number of anilines is 1. The lowest BCUT2D eigenvalue weighted by molar-refractivity contribution is 0.101. The number of carbonyl (C=O) groups is 2. The number of nitrogens with one attached hydrogen (secondary N) is 2. The smallest absolute Gasteiger partial charge is 0.319 e. The van der Waals surface area contributed by atoms with E-state index >= 15 is 0 Å². The van der Waals surface area contributed by atoms with Gasteiger partial charge in [0.1, 0.15) is 0 Å². The second-order valence-corrected chi connectivity index (χ2v) is 5.85. The Morgan fingerprint density at radius 1 is 1.19 bits per heavy atom. The minimum Gasteiger partial charge on any atom is -0.385 e. The maximum Gasteiger partial charge on any atom is 0.319 e. The second kappa shape index (κ2) is 7.78. The van der Waals surface area contributed by atoms with Crippen LogP contribution in [-0.2, 0) is 4.74 Å². The normalized spacial score (nSPS) is 11.0. The topological polar surface area (TPSA) is 67.4 Å². The van der Waals surface area contributed by atoms with E-state index in [9.17, 15) is 9.59 Å². The van der Waals surface area contributed by atoms with Crippen LogP contribution >= 0.6 is 0 Å². The number of carbonyl (C=O) groups excluding carboxylic acids is 2. The molecule has 1 rings (SSSR count). The Kier molecular flexibility index (Phi) is 6.37. The van der Waals surface area contributed by atoms with Gasteiger partial charge in [0.15, 0.2) is 5.78 Å². The highest BCUT2D eigenvalue weighted by Crippen LogP contribution is 2.18. The third-order valence-electron chi connectivity index (χ3n) is 3.26. The van der Waals surface area contributed by atoms with Gasteiger partial charge in [0, 0.05) is 31.5 Å². The SMILES string of the molecule is COCCC(C)(C)CNC(=O)Nc1ccc(C(C)=O)cc1. The summed E-state index contributed by atoms with van der Waals surface area (Å²) in [6, 6.07) is 6.57. The predicted octanol–water partition coefficient (Wildman–Crippen LogP) is 3.07. The molecule has 2 amide bonds. The van der Waals surface area contributed by atoms with Crippen LogP contribution in [0.5, 0.6) is 0 Å². The third kappa shape index (κ3) is 6.40. The standard InChI is InChI=1S/C16H24N2O3/c1-12(19)13-5-7-14(8-6-13)18-15(20)17-11-16(2,3)9-10-21-4/h5-8H,9-11H2,1-4H3,(H2,17,18,20). The Morgan fingerprint density at radius 3 is 2.33 bits per heavy atom. The zero-order chi connectivity index (χ0) is 15.9. The monoisotopic (exact) mass is 292 g/mol. The van der Waals surface area contributed by atoms with E-state index in [-0.39, 0.29) is 17.2 Å². The summed E-state index contributed by atoms with van der Waals surface area (Å²) >= 11 is 0. The number of ketones is 1. The molecule has 0 atom stereocenters. The maximum absolute atomic E-state index is 11.8. The summed E-state index contributed by atoms with van der Waals surface area (Å²) in [6.07, 6.45) is 0.872. The summed E-state index contributed by atoms with van der Waals surface area (Å²) in [5.41, 5.74) is 1.26. The zero-order valence-electron chi connectivity index (χ0n) is 13.2. The zero-order valence-corrected chi connectivity index (χ0v) is 13.2. The van der Waals surface area contributed by atoms with Crippen LogP contribution in [-0.4, -0.2) is 32.1 Å². The molecule has 0 unspecified atom stereocenters. The van der Waals surface area contributed by atoms with Crippen molar-refractivity contribution in [2.75, 3.05) is 25.6 Å². The van der Waals surface area contributed by atoms with Crippen LogP contribution in [0.25, 0.3) is 0 Å². The average Bonchev–Trinajstić information content (AvgIpc) is 2.44. The van der Waals surface area contributed by atoms with Gasteiger partial charge >= 0.3 is 6.03 Å². The van der Waals surface area contributed by atoms with E-state index < -0.39 is 0 Å². The summed E-state index contributed by atoms with van der Waals surface area (Å²) in [7, 11) is 1.67. The van der Waals surface area contributed by atoms with E-state index in [0.717, 1.165) is 6.42 Å². The molecule has 0 saturated carbocycles. The quantitative estimate of drug-likeness (QED) is 0.759. The first-order chi connectivity index (χ1) is 9.84. The van der Waals surface area contributed by atoms with Crippen LogP contribution in [0.4, 0.5) is 10.5 Å². The molecule has 5 nitrogen and oxygen atoms in total. The number of urea groups is 1. The Hall–Kier alpha value is -1.88. The van der Waals surface area contributed by atoms with Crippen molar-refractivity contribution in [1.82, 2.24) is 5.32 Å². The molecule has 0 bridgehead atoms. The lowest BCUT2D eigenvalue weighted by Gasteiger charge is -2.24. The number of ether oxygens (including phenoxy) is 1. The number of Topliss-reactive ketones (excluding diaryl/α,β-unsaturated/α-hetero) is 1. The van der Waals surface area contributed by atoms with Gasteiger partial charge in [-0.3, -0.25) is 4.79 Å². The van der Waals surface area contributed by atoms with E-state index in [4.69, 9.17) is 4.74 Å². The lowest BCUT2D eigenvalue weighted by atomic mass is 9.90. The summed E-state index contributed by atoms with van der Waals surface area (Å²) < 4.78 is 5.05. The molecule has 0 aliphatic rings. The maximum atomic E-state index is 11.8. The van der Waals surface area contributed by atoms with Gasteiger partial charge in [0.2, 0.25) is 0 Å². The largest absolute Gasteiger partial charge is 0.385 e. The second-order valence-electron chi connectivity index (χ2n) is 5.85. The van der Waals surface area contributed by atoms with E-state index in [1.165, 1.54) is 6.92 Å². The van der Waals surface area contributed by atoms with Crippen LogP contribution < -0.4 is 10.6 Å². The van der Waals surface area contributed by atoms with Crippen molar-refractivity contribution in [1.29, 1.82) is 0 Å². The third-order valence-corrected chi connectivity index (χ3v) is 3.26.